The second-order valence-corrected chi connectivity index (χ2v) is 10.1. The molecule has 3 aromatic rings. The number of aromatic nitrogens is 3. The number of rotatable bonds is 7. The SMILES string of the molecule is O=C(CNc1cccc(S(=O)(=O)N2CCCCCC2)c1)Nc1cc(Cl)ccc1-n1cncn1. The first-order valence-corrected chi connectivity index (χ1v) is 12.5. The Kier molecular flexibility index (Phi) is 7.26. The molecule has 0 radical (unpaired) electrons. The van der Waals surface area contributed by atoms with Crippen LogP contribution in [-0.2, 0) is 14.8 Å². The van der Waals surface area contributed by atoms with Crippen molar-refractivity contribution in [1.29, 1.82) is 0 Å². The van der Waals surface area contributed by atoms with Crippen LogP contribution in [0.1, 0.15) is 25.7 Å². The van der Waals surface area contributed by atoms with Crippen molar-refractivity contribution in [2.45, 2.75) is 30.6 Å². The number of hydrogen-bond donors (Lipinski definition) is 2. The van der Waals surface area contributed by atoms with Gasteiger partial charge in [-0.3, -0.25) is 4.79 Å². The smallest absolute Gasteiger partial charge is 0.243 e. The number of hydrogen-bond acceptors (Lipinski definition) is 6. The van der Waals surface area contributed by atoms with Crippen molar-refractivity contribution in [2.24, 2.45) is 0 Å². The van der Waals surface area contributed by atoms with Crippen LogP contribution in [-0.4, -0.2) is 53.0 Å². The highest BCUT2D eigenvalue weighted by Crippen LogP contribution is 2.25. The first-order chi connectivity index (χ1) is 15.9. The maximum atomic E-state index is 13.0. The predicted molar refractivity (Wildman–Crippen MR) is 127 cm³/mol. The Hall–Kier alpha value is -2.95. The summed E-state index contributed by atoms with van der Waals surface area (Å²) in [7, 11) is -3.57. The van der Waals surface area contributed by atoms with Crippen LogP contribution in [0.2, 0.25) is 5.02 Å². The lowest BCUT2D eigenvalue weighted by Crippen LogP contribution is -2.32. The summed E-state index contributed by atoms with van der Waals surface area (Å²) in [6.45, 7) is 1.02. The molecule has 11 heteroatoms. The molecule has 33 heavy (non-hydrogen) atoms. The van der Waals surface area contributed by atoms with E-state index in [-0.39, 0.29) is 17.3 Å². The van der Waals surface area contributed by atoms with Crippen molar-refractivity contribution >= 4 is 38.9 Å². The second kappa shape index (κ2) is 10.3. The highest BCUT2D eigenvalue weighted by atomic mass is 35.5. The molecule has 4 rings (SSSR count). The number of anilines is 2. The van der Waals surface area contributed by atoms with Gasteiger partial charge in [0, 0.05) is 23.8 Å². The molecule has 0 atom stereocenters. The minimum atomic E-state index is -3.57. The number of halogens is 1. The van der Waals surface area contributed by atoms with E-state index in [0.29, 0.717) is 35.2 Å². The van der Waals surface area contributed by atoms with E-state index in [4.69, 9.17) is 11.6 Å². The van der Waals surface area contributed by atoms with Gasteiger partial charge in [-0.15, -0.1) is 0 Å². The normalized spacial score (nSPS) is 15.1. The molecule has 1 aliphatic heterocycles. The molecule has 0 unspecified atom stereocenters. The van der Waals surface area contributed by atoms with Crippen molar-refractivity contribution in [3.63, 3.8) is 0 Å². The predicted octanol–water partition coefficient (Wildman–Crippen LogP) is 3.54. The Bertz CT molecular complexity index is 1210. The van der Waals surface area contributed by atoms with E-state index in [2.05, 4.69) is 20.7 Å². The molecule has 1 aliphatic rings. The van der Waals surface area contributed by atoms with Crippen LogP contribution in [0.15, 0.2) is 60.0 Å². The molecule has 0 bridgehead atoms. The molecule has 1 amide bonds. The summed E-state index contributed by atoms with van der Waals surface area (Å²) in [4.78, 5) is 16.7. The standard InChI is InChI=1S/C22H25ClN6O3S/c23-17-8-9-21(29-16-24-15-26-29)20(12-17)27-22(30)14-25-18-6-5-7-19(13-18)33(31,32)28-10-3-1-2-4-11-28/h5-9,12-13,15-16,25H,1-4,10-11,14H2,(H,27,30). The van der Waals surface area contributed by atoms with E-state index >= 15 is 0 Å². The van der Waals surface area contributed by atoms with E-state index in [9.17, 15) is 13.2 Å². The third-order valence-electron chi connectivity index (χ3n) is 5.39. The van der Waals surface area contributed by atoms with Crippen molar-refractivity contribution in [3.8, 4) is 5.69 Å². The Morgan fingerprint density at radius 2 is 1.85 bits per heavy atom. The van der Waals surface area contributed by atoms with Gasteiger partial charge in [0.2, 0.25) is 15.9 Å². The molecular formula is C22H25ClN6O3S. The summed E-state index contributed by atoms with van der Waals surface area (Å²) in [5, 5.41) is 10.4. The van der Waals surface area contributed by atoms with Gasteiger partial charge in [0.25, 0.3) is 0 Å². The lowest BCUT2D eigenvalue weighted by molar-refractivity contribution is -0.114. The van der Waals surface area contributed by atoms with Gasteiger partial charge >= 0.3 is 0 Å². The Morgan fingerprint density at radius 1 is 1.06 bits per heavy atom. The summed E-state index contributed by atoms with van der Waals surface area (Å²) in [5.41, 5.74) is 1.65. The lowest BCUT2D eigenvalue weighted by Gasteiger charge is -2.20. The quantitative estimate of drug-likeness (QED) is 0.526. The number of sulfonamides is 1. The van der Waals surface area contributed by atoms with Gasteiger partial charge in [-0.25, -0.2) is 18.1 Å². The number of benzene rings is 2. The molecule has 2 N–H and O–H groups in total. The highest BCUT2D eigenvalue weighted by Gasteiger charge is 2.25. The topological polar surface area (TPSA) is 109 Å². The van der Waals surface area contributed by atoms with E-state index < -0.39 is 10.0 Å². The van der Waals surface area contributed by atoms with Crippen LogP contribution in [0.4, 0.5) is 11.4 Å². The van der Waals surface area contributed by atoms with E-state index in [1.165, 1.54) is 17.3 Å². The van der Waals surface area contributed by atoms with Crippen molar-refractivity contribution < 1.29 is 13.2 Å². The zero-order valence-corrected chi connectivity index (χ0v) is 19.5. The number of nitrogens with zero attached hydrogens (tertiary/aromatic N) is 4. The zero-order chi connectivity index (χ0) is 23.3. The van der Waals surface area contributed by atoms with Crippen LogP contribution in [0, 0.1) is 0 Å². The first-order valence-electron chi connectivity index (χ1n) is 10.7. The lowest BCUT2D eigenvalue weighted by atomic mass is 10.2. The zero-order valence-electron chi connectivity index (χ0n) is 17.9. The van der Waals surface area contributed by atoms with Crippen LogP contribution in [0.5, 0.6) is 0 Å². The molecule has 9 nitrogen and oxygen atoms in total. The van der Waals surface area contributed by atoms with Gasteiger partial charge in [-0.1, -0.05) is 30.5 Å². The molecule has 1 fully saturated rings. The van der Waals surface area contributed by atoms with Gasteiger partial charge in [0.1, 0.15) is 12.7 Å². The Balaban J connectivity index is 1.43. The third kappa shape index (κ3) is 5.70. The number of nitrogens with one attached hydrogen (secondary N) is 2. The van der Waals surface area contributed by atoms with Crippen LogP contribution in [0.3, 0.4) is 0 Å². The number of carbonyl (C=O) groups is 1. The summed E-state index contributed by atoms with van der Waals surface area (Å²) >= 11 is 6.10. The van der Waals surface area contributed by atoms with Crippen molar-refractivity contribution in [2.75, 3.05) is 30.3 Å². The second-order valence-electron chi connectivity index (χ2n) is 7.75. The third-order valence-corrected chi connectivity index (χ3v) is 7.52. The fourth-order valence-corrected chi connectivity index (χ4v) is 5.45. The molecule has 1 saturated heterocycles. The van der Waals surface area contributed by atoms with Gasteiger partial charge in [0.15, 0.2) is 0 Å². The van der Waals surface area contributed by atoms with Crippen molar-refractivity contribution in [1.82, 2.24) is 19.1 Å². The minimum absolute atomic E-state index is 0.0590. The summed E-state index contributed by atoms with van der Waals surface area (Å²) in [6.07, 6.45) is 6.76. The largest absolute Gasteiger partial charge is 0.376 e. The fraction of sp³-hybridized carbons (Fsp3) is 0.318. The summed E-state index contributed by atoms with van der Waals surface area (Å²) < 4.78 is 29.2. The van der Waals surface area contributed by atoms with E-state index in [1.807, 2.05) is 0 Å². The molecule has 174 valence electrons. The Morgan fingerprint density at radius 3 is 2.58 bits per heavy atom. The molecular weight excluding hydrogens is 464 g/mol. The molecule has 0 spiro atoms. The summed E-state index contributed by atoms with van der Waals surface area (Å²) in [6, 6.07) is 11.6. The molecule has 2 aromatic carbocycles. The van der Waals surface area contributed by atoms with E-state index in [0.717, 1.165) is 25.7 Å². The van der Waals surface area contributed by atoms with Gasteiger partial charge in [0.05, 0.1) is 22.8 Å². The minimum Gasteiger partial charge on any atom is -0.376 e. The van der Waals surface area contributed by atoms with Crippen LogP contribution < -0.4 is 10.6 Å². The maximum Gasteiger partial charge on any atom is 0.243 e. The molecule has 2 heterocycles. The summed E-state index contributed by atoms with van der Waals surface area (Å²) in [5.74, 6) is -0.320. The molecule has 0 aliphatic carbocycles. The van der Waals surface area contributed by atoms with Gasteiger partial charge in [-0.05, 0) is 49.2 Å². The average molecular weight is 489 g/mol. The maximum absolute atomic E-state index is 13.0. The monoisotopic (exact) mass is 488 g/mol. The van der Waals surface area contributed by atoms with Crippen LogP contribution >= 0.6 is 11.6 Å². The highest BCUT2D eigenvalue weighted by molar-refractivity contribution is 7.89. The van der Waals surface area contributed by atoms with E-state index in [1.54, 1.807) is 46.8 Å². The number of amides is 1. The molecule has 0 saturated carbocycles. The van der Waals surface area contributed by atoms with Crippen LogP contribution in [0.25, 0.3) is 5.69 Å². The van der Waals surface area contributed by atoms with Gasteiger partial charge in [-0.2, -0.15) is 9.40 Å². The van der Waals surface area contributed by atoms with Gasteiger partial charge < -0.3 is 10.6 Å². The fourth-order valence-electron chi connectivity index (χ4n) is 3.72. The average Bonchev–Trinajstić information content (AvgIpc) is 3.19. The Labute approximate surface area is 197 Å². The first kappa shape index (κ1) is 23.2. The van der Waals surface area contributed by atoms with Crippen molar-refractivity contribution in [3.05, 3.63) is 60.1 Å². The molecule has 1 aromatic heterocycles. The number of carbonyl (C=O) groups excluding carboxylic acids is 1.